The highest BCUT2D eigenvalue weighted by Crippen LogP contribution is 2.32. The first-order valence-electron chi connectivity index (χ1n) is 10.2. The number of halogens is 3. The number of rotatable bonds is 9. The van der Waals surface area contributed by atoms with Crippen LogP contribution in [0.25, 0.3) is 0 Å². The molecule has 10 heteroatoms. The standard InChI is InChI=1S/C22H32ClFN4O2S.ClH/c1-14(2)21-18(22(15(3)4)28(26-21)13-17(24)9-10-25)11-16-7-8-20(19(23)12-16)31(29,30)27(5)6;/h7-9,12,14-15H,10-11,13,25H2,1-6H3;1H. The molecule has 2 N–H and O–H groups in total. The molecule has 32 heavy (non-hydrogen) atoms. The second-order valence-electron chi connectivity index (χ2n) is 8.33. The van der Waals surface area contributed by atoms with Crippen LogP contribution in [-0.2, 0) is 23.0 Å². The largest absolute Gasteiger partial charge is 0.327 e. The summed E-state index contributed by atoms with van der Waals surface area (Å²) in [5, 5.41) is 4.89. The lowest BCUT2D eigenvalue weighted by Crippen LogP contribution is -2.22. The van der Waals surface area contributed by atoms with E-state index in [0.29, 0.717) is 6.42 Å². The van der Waals surface area contributed by atoms with Crippen LogP contribution in [0.4, 0.5) is 4.39 Å². The summed E-state index contributed by atoms with van der Waals surface area (Å²) in [6, 6.07) is 4.98. The maximum absolute atomic E-state index is 14.2. The molecule has 0 aliphatic carbocycles. The van der Waals surface area contributed by atoms with Gasteiger partial charge in [0.05, 0.1) is 17.3 Å². The maximum atomic E-state index is 14.2. The van der Waals surface area contributed by atoms with Crippen molar-refractivity contribution in [3.63, 3.8) is 0 Å². The van der Waals surface area contributed by atoms with Crippen LogP contribution in [0.15, 0.2) is 35.0 Å². The van der Waals surface area contributed by atoms with E-state index in [4.69, 9.17) is 22.4 Å². The molecule has 2 aromatic rings. The summed E-state index contributed by atoms with van der Waals surface area (Å²) in [6.45, 7) is 8.36. The molecular formula is C22H33Cl2FN4O2S. The molecule has 0 spiro atoms. The number of benzene rings is 1. The molecule has 0 saturated heterocycles. The van der Waals surface area contributed by atoms with Gasteiger partial charge in [0.2, 0.25) is 10.0 Å². The van der Waals surface area contributed by atoms with Crippen molar-refractivity contribution in [2.75, 3.05) is 20.6 Å². The van der Waals surface area contributed by atoms with Gasteiger partial charge in [0, 0.05) is 38.3 Å². The molecule has 6 nitrogen and oxygen atoms in total. The third-order valence-electron chi connectivity index (χ3n) is 4.99. The minimum absolute atomic E-state index is 0. The highest BCUT2D eigenvalue weighted by Gasteiger charge is 2.24. The molecule has 0 atom stereocenters. The number of hydrogen-bond donors (Lipinski definition) is 1. The molecule has 0 saturated carbocycles. The second kappa shape index (κ2) is 11.6. The number of hydrogen-bond acceptors (Lipinski definition) is 4. The topological polar surface area (TPSA) is 81.2 Å². The zero-order chi connectivity index (χ0) is 23.5. The van der Waals surface area contributed by atoms with Gasteiger partial charge in [-0.2, -0.15) is 5.10 Å². The highest BCUT2D eigenvalue weighted by molar-refractivity contribution is 7.89. The summed E-state index contributed by atoms with van der Waals surface area (Å²) >= 11 is 6.34. The van der Waals surface area contributed by atoms with Crippen LogP contribution in [0.1, 0.15) is 62.0 Å². The van der Waals surface area contributed by atoms with Gasteiger partial charge in [-0.05, 0) is 35.6 Å². The summed E-state index contributed by atoms with van der Waals surface area (Å²) in [7, 11) is -0.692. The van der Waals surface area contributed by atoms with Crippen molar-refractivity contribution in [1.82, 2.24) is 14.1 Å². The molecule has 0 aliphatic rings. The first kappa shape index (κ1) is 28.6. The van der Waals surface area contributed by atoms with Crippen LogP contribution < -0.4 is 5.73 Å². The monoisotopic (exact) mass is 506 g/mol. The van der Waals surface area contributed by atoms with Crippen molar-refractivity contribution in [2.24, 2.45) is 5.73 Å². The molecule has 1 aromatic carbocycles. The lowest BCUT2D eigenvalue weighted by atomic mass is 9.94. The molecule has 1 heterocycles. The van der Waals surface area contributed by atoms with Gasteiger partial charge in [-0.15, -0.1) is 12.4 Å². The van der Waals surface area contributed by atoms with E-state index in [1.165, 1.54) is 26.2 Å². The molecule has 0 aliphatic heterocycles. The van der Waals surface area contributed by atoms with E-state index in [2.05, 4.69) is 0 Å². The fourth-order valence-electron chi connectivity index (χ4n) is 3.54. The van der Waals surface area contributed by atoms with Gasteiger partial charge in [-0.3, -0.25) is 4.68 Å². The minimum Gasteiger partial charge on any atom is -0.327 e. The van der Waals surface area contributed by atoms with Crippen LogP contribution in [-0.4, -0.2) is 43.1 Å². The van der Waals surface area contributed by atoms with Crippen LogP contribution in [0, 0.1) is 0 Å². The average Bonchev–Trinajstić information content (AvgIpc) is 2.99. The minimum atomic E-state index is -3.63. The second-order valence-corrected chi connectivity index (χ2v) is 10.9. The first-order valence-corrected chi connectivity index (χ1v) is 12.1. The molecule has 2 rings (SSSR count). The van der Waals surface area contributed by atoms with E-state index < -0.39 is 10.0 Å². The Morgan fingerprint density at radius 3 is 2.34 bits per heavy atom. The van der Waals surface area contributed by atoms with Crippen molar-refractivity contribution in [3.05, 3.63) is 57.6 Å². The van der Waals surface area contributed by atoms with Gasteiger partial charge in [-0.25, -0.2) is 17.1 Å². The van der Waals surface area contributed by atoms with Crippen LogP contribution in [0.2, 0.25) is 5.02 Å². The van der Waals surface area contributed by atoms with E-state index in [1.54, 1.807) is 16.8 Å². The first-order chi connectivity index (χ1) is 14.4. The van der Waals surface area contributed by atoms with Gasteiger partial charge in [0.1, 0.15) is 10.7 Å². The Morgan fingerprint density at radius 2 is 1.88 bits per heavy atom. The fraction of sp³-hybridized carbons (Fsp3) is 0.500. The Labute approximate surface area is 202 Å². The van der Waals surface area contributed by atoms with Crippen LogP contribution in [0.5, 0.6) is 0 Å². The Balaban J connectivity index is 0.00000512. The van der Waals surface area contributed by atoms with Crippen LogP contribution >= 0.6 is 24.0 Å². The number of allylic oxidation sites excluding steroid dienone is 1. The predicted molar refractivity (Wildman–Crippen MR) is 131 cm³/mol. The van der Waals surface area contributed by atoms with Gasteiger partial charge < -0.3 is 5.73 Å². The van der Waals surface area contributed by atoms with Gasteiger partial charge >= 0.3 is 0 Å². The number of nitrogens with zero attached hydrogens (tertiary/aromatic N) is 3. The lowest BCUT2D eigenvalue weighted by molar-refractivity contribution is 0.502. The Morgan fingerprint density at radius 1 is 1.25 bits per heavy atom. The van der Waals surface area contributed by atoms with Crippen molar-refractivity contribution >= 4 is 34.0 Å². The van der Waals surface area contributed by atoms with Gasteiger partial charge in [0.25, 0.3) is 0 Å². The van der Waals surface area contributed by atoms with Crippen LogP contribution in [0.3, 0.4) is 0 Å². The van der Waals surface area contributed by atoms with Gasteiger partial charge in [0.15, 0.2) is 0 Å². The van der Waals surface area contributed by atoms with E-state index in [9.17, 15) is 12.8 Å². The zero-order valence-corrected chi connectivity index (χ0v) is 21.8. The number of sulfonamides is 1. The molecule has 0 amide bonds. The molecule has 1 aromatic heterocycles. The summed E-state index contributed by atoms with van der Waals surface area (Å²) in [4.78, 5) is 0.0702. The third kappa shape index (κ3) is 6.32. The maximum Gasteiger partial charge on any atom is 0.244 e. The van der Waals surface area contributed by atoms with Crippen molar-refractivity contribution in [2.45, 2.75) is 57.4 Å². The average molecular weight is 508 g/mol. The Kier molecular flexibility index (Phi) is 10.4. The van der Waals surface area contributed by atoms with E-state index in [-0.39, 0.29) is 53.1 Å². The molecular weight excluding hydrogens is 474 g/mol. The van der Waals surface area contributed by atoms with Gasteiger partial charge in [-0.1, -0.05) is 45.4 Å². The molecule has 180 valence electrons. The zero-order valence-electron chi connectivity index (χ0n) is 19.4. The van der Waals surface area contributed by atoms with Crippen molar-refractivity contribution in [3.8, 4) is 0 Å². The molecule has 0 fully saturated rings. The number of nitrogens with two attached hydrogens (primary N) is 1. The van der Waals surface area contributed by atoms with Crippen molar-refractivity contribution < 1.29 is 12.8 Å². The van der Waals surface area contributed by atoms with E-state index >= 15 is 0 Å². The number of aromatic nitrogens is 2. The van der Waals surface area contributed by atoms with Crippen molar-refractivity contribution in [1.29, 1.82) is 0 Å². The summed E-state index contributed by atoms with van der Waals surface area (Å²) in [6.07, 6.45) is 1.87. The highest BCUT2D eigenvalue weighted by atomic mass is 35.5. The summed E-state index contributed by atoms with van der Waals surface area (Å²) < 4.78 is 42.0. The molecule has 0 unspecified atom stereocenters. The Hall–Kier alpha value is -1.45. The SMILES string of the molecule is CC(C)c1nn(CC(F)=CCN)c(C(C)C)c1Cc1ccc(S(=O)(=O)N(C)C)c(Cl)c1.Cl. The fourth-order valence-corrected chi connectivity index (χ4v) is 4.98. The molecule has 0 radical (unpaired) electrons. The summed E-state index contributed by atoms with van der Waals surface area (Å²) in [5.41, 5.74) is 9.16. The molecule has 0 bridgehead atoms. The quantitative estimate of drug-likeness (QED) is 0.526. The lowest BCUT2D eigenvalue weighted by Gasteiger charge is -2.15. The normalized spacial score (nSPS) is 12.7. The Bertz CT molecular complexity index is 1060. The van der Waals surface area contributed by atoms with E-state index in [0.717, 1.165) is 26.8 Å². The predicted octanol–water partition coefficient (Wildman–Crippen LogP) is 4.86. The third-order valence-corrected chi connectivity index (χ3v) is 7.29. The summed E-state index contributed by atoms with van der Waals surface area (Å²) in [5.74, 6) is -0.0706. The smallest absolute Gasteiger partial charge is 0.244 e. The van der Waals surface area contributed by atoms with E-state index in [1.807, 2.05) is 27.7 Å².